The Labute approximate surface area is 125 Å². The lowest BCUT2D eigenvalue weighted by atomic mass is 10.1. The Morgan fingerprint density at radius 3 is 2.71 bits per heavy atom. The zero-order valence-corrected chi connectivity index (χ0v) is 12.4. The van der Waals surface area contributed by atoms with Crippen LogP contribution in [0.2, 0.25) is 0 Å². The number of benzene rings is 2. The Morgan fingerprint density at radius 2 is 1.90 bits per heavy atom. The molecule has 1 heterocycles. The van der Waals surface area contributed by atoms with Crippen LogP contribution in [0.3, 0.4) is 0 Å². The number of hydrogen-bond donors (Lipinski definition) is 1. The van der Waals surface area contributed by atoms with Crippen LogP contribution in [-0.2, 0) is 13.0 Å². The molecule has 1 aromatic heterocycles. The van der Waals surface area contributed by atoms with Gasteiger partial charge in [-0.1, -0.05) is 43.7 Å². The van der Waals surface area contributed by atoms with Crippen LogP contribution in [-0.4, -0.2) is 4.98 Å². The Morgan fingerprint density at radius 1 is 1.05 bits per heavy atom. The number of nitrogens with one attached hydrogen (secondary N) is 1. The van der Waals surface area contributed by atoms with Crippen LogP contribution >= 0.6 is 0 Å². The van der Waals surface area contributed by atoms with Crippen LogP contribution in [0.1, 0.15) is 30.9 Å². The van der Waals surface area contributed by atoms with Gasteiger partial charge in [-0.05, 0) is 42.2 Å². The average molecular weight is 279 g/mol. The largest absolute Gasteiger partial charge is 0.489 e. The van der Waals surface area contributed by atoms with Crippen molar-refractivity contribution in [2.45, 2.75) is 32.8 Å². The van der Waals surface area contributed by atoms with E-state index in [0.717, 1.165) is 12.2 Å². The Bertz CT molecular complexity index is 700. The molecular weight excluding hydrogens is 258 g/mol. The van der Waals surface area contributed by atoms with E-state index < -0.39 is 0 Å². The summed E-state index contributed by atoms with van der Waals surface area (Å²) < 4.78 is 5.92. The van der Waals surface area contributed by atoms with E-state index >= 15 is 0 Å². The quantitative estimate of drug-likeness (QED) is 0.668. The number of hydrogen-bond acceptors (Lipinski definition) is 1. The zero-order chi connectivity index (χ0) is 14.5. The van der Waals surface area contributed by atoms with Gasteiger partial charge in [-0.2, -0.15) is 0 Å². The summed E-state index contributed by atoms with van der Waals surface area (Å²) in [7, 11) is 0. The third kappa shape index (κ3) is 3.27. The van der Waals surface area contributed by atoms with Gasteiger partial charge < -0.3 is 9.72 Å². The van der Waals surface area contributed by atoms with Gasteiger partial charge >= 0.3 is 0 Å². The zero-order valence-electron chi connectivity index (χ0n) is 12.4. The minimum absolute atomic E-state index is 0.612. The molecular formula is C19H21NO. The number of unbranched alkanes of at least 4 members (excludes halogenated alkanes) is 1. The Balaban J connectivity index is 1.76. The van der Waals surface area contributed by atoms with Crippen LogP contribution in [0.25, 0.3) is 10.9 Å². The van der Waals surface area contributed by atoms with Crippen molar-refractivity contribution < 1.29 is 4.74 Å². The molecule has 0 aliphatic rings. The molecule has 2 aromatic carbocycles. The molecule has 0 fully saturated rings. The fourth-order valence-corrected chi connectivity index (χ4v) is 2.56. The second kappa shape index (κ2) is 6.49. The fourth-order valence-electron chi connectivity index (χ4n) is 2.56. The number of fused-ring (bicyclic) bond motifs is 1. The predicted octanol–water partition coefficient (Wildman–Crippen LogP) is 5.09. The van der Waals surface area contributed by atoms with Gasteiger partial charge in [0.15, 0.2) is 0 Å². The molecule has 3 rings (SSSR count). The van der Waals surface area contributed by atoms with Crippen LogP contribution in [0.5, 0.6) is 5.75 Å². The number of H-pyrrole nitrogens is 1. The lowest BCUT2D eigenvalue weighted by Gasteiger charge is -2.07. The molecule has 3 aromatic rings. The highest BCUT2D eigenvalue weighted by Crippen LogP contribution is 2.25. The molecule has 2 nitrogen and oxygen atoms in total. The lowest BCUT2D eigenvalue weighted by molar-refractivity contribution is 0.306. The summed E-state index contributed by atoms with van der Waals surface area (Å²) >= 11 is 0. The molecule has 0 unspecified atom stereocenters. The maximum absolute atomic E-state index is 5.92. The number of aromatic amines is 1. The van der Waals surface area contributed by atoms with Crippen LogP contribution < -0.4 is 4.74 Å². The maximum Gasteiger partial charge on any atom is 0.120 e. The molecule has 0 bridgehead atoms. The van der Waals surface area contributed by atoms with Crippen molar-refractivity contribution in [1.29, 1.82) is 0 Å². The van der Waals surface area contributed by atoms with Crippen molar-refractivity contribution in [1.82, 2.24) is 4.98 Å². The first-order valence-electron chi connectivity index (χ1n) is 7.63. The molecule has 0 radical (unpaired) electrons. The van der Waals surface area contributed by atoms with E-state index in [4.69, 9.17) is 4.74 Å². The van der Waals surface area contributed by atoms with Gasteiger partial charge in [0.2, 0.25) is 0 Å². The summed E-state index contributed by atoms with van der Waals surface area (Å²) in [6.07, 6.45) is 5.69. The van der Waals surface area contributed by atoms with E-state index in [1.165, 1.54) is 34.9 Å². The lowest BCUT2D eigenvalue weighted by Crippen LogP contribution is -1.94. The van der Waals surface area contributed by atoms with Crippen molar-refractivity contribution in [3.63, 3.8) is 0 Å². The highest BCUT2D eigenvalue weighted by molar-refractivity contribution is 5.84. The van der Waals surface area contributed by atoms with E-state index in [2.05, 4.69) is 42.4 Å². The molecule has 0 spiro atoms. The number of rotatable bonds is 6. The van der Waals surface area contributed by atoms with Gasteiger partial charge in [-0.3, -0.25) is 0 Å². The number of ether oxygens (including phenoxy) is 1. The van der Waals surface area contributed by atoms with Crippen molar-refractivity contribution in [2.75, 3.05) is 0 Å². The summed E-state index contributed by atoms with van der Waals surface area (Å²) in [5.41, 5.74) is 3.77. The maximum atomic E-state index is 5.92. The predicted molar refractivity (Wildman–Crippen MR) is 87.7 cm³/mol. The van der Waals surface area contributed by atoms with Crippen LogP contribution in [0.15, 0.2) is 54.7 Å². The minimum atomic E-state index is 0.612. The smallest absolute Gasteiger partial charge is 0.120 e. The molecule has 0 saturated carbocycles. The topological polar surface area (TPSA) is 25.0 Å². The third-order valence-electron chi connectivity index (χ3n) is 3.79. The van der Waals surface area contributed by atoms with Crippen LogP contribution in [0, 0.1) is 0 Å². The standard InChI is InChI=1S/C19H21NO/c1-2-3-9-16-13-20-19-11-10-17(12-18(16)19)21-14-15-7-5-4-6-8-15/h4-8,10-13,20H,2-3,9,14H2,1H3. The minimum Gasteiger partial charge on any atom is -0.489 e. The van der Waals surface area contributed by atoms with Gasteiger partial charge in [0.05, 0.1) is 0 Å². The summed E-state index contributed by atoms with van der Waals surface area (Å²) in [4.78, 5) is 3.34. The van der Waals surface area contributed by atoms with E-state index in [-0.39, 0.29) is 0 Å². The first kappa shape index (κ1) is 13.7. The van der Waals surface area contributed by atoms with Crippen molar-refractivity contribution in [3.8, 4) is 5.75 Å². The molecule has 0 saturated heterocycles. The van der Waals surface area contributed by atoms with Gasteiger partial charge in [0.1, 0.15) is 12.4 Å². The van der Waals surface area contributed by atoms with E-state index in [9.17, 15) is 0 Å². The van der Waals surface area contributed by atoms with Gasteiger partial charge in [-0.25, -0.2) is 0 Å². The van der Waals surface area contributed by atoms with E-state index in [1.807, 2.05) is 24.3 Å². The highest BCUT2D eigenvalue weighted by atomic mass is 16.5. The molecule has 0 amide bonds. The van der Waals surface area contributed by atoms with E-state index in [1.54, 1.807) is 0 Å². The van der Waals surface area contributed by atoms with E-state index in [0.29, 0.717) is 6.61 Å². The fraction of sp³-hybridized carbons (Fsp3) is 0.263. The second-order valence-electron chi connectivity index (χ2n) is 5.40. The molecule has 0 aliphatic carbocycles. The van der Waals surface area contributed by atoms with Crippen molar-refractivity contribution in [2.24, 2.45) is 0 Å². The van der Waals surface area contributed by atoms with Gasteiger partial charge in [-0.15, -0.1) is 0 Å². The number of aromatic nitrogens is 1. The van der Waals surface area contributed by atoms with Crippen LogP contribution in [0.4, 0.5) is 0 Å². The Kier molecular flexibility index (Phi) is 4.25. The first-order valence-corrected chi connectivity index (χ1v) is 7.63. The number of aryl methyl sites for hydroxylation is 1. The molecule has 21 heavy (non-hydrogen) atoms. The van der Waals surface area contributed by atoms with Crippen molar-refractivity contribution >= 4 is 10.9 Å². The van der Waals surface area contributed by atoms with Gasteiger partial charge in [0, 0.05) is 17.1 Å². The molecule has 2 heteroatoms. The summed E-state index contributed by atoms with van der Waals surface area (Å²) in [6.45, 7) is 2.84. The van der Waals surface area contributed by atoms with Gasteiger partial charge in [0.25, 0.3) is 0 Å². The summed E-state index contributed by atoms with van der Waals surface area (Å²) in [6, 6.07) is 16.6. The average Bonchev–Trinajstić information content (AvgIpc) is 2.94. The normalized spacial score (nSPS) is 10.9. The molecule has 0 aliphatic heterocycles. The highest BCUT2D eigenvalue weighted by Gasteiger charge is 2.05. The van der Waals surface area contributed by atoms with Crippen molar-refractivity contribution in [3.05, 3.63) is 65.9 Å². The summed E-state index contributed by atoms with van der Waals surface area (Å²) in [5.74, 6) is 0.934. The monoisotopic (exact) mass is 279 g/mol. The SMILES string of the molecule is CCCCc1c[nH]c2ccc(OCc3ccccc3)cc12. The first-order chi connectivity index (χ1) is 10.4. The molecule has 1 N–H and O–H groups in total. The molecule has 0 atom stereocenters. The molecule has 108 valence electrons. The third-order valence-corrected chi connectivity index (χ3v) is 3.79. The summed E-state index contributed by atoms with van der Waals surface area (Å²) in [5, 5.41) is 1.29. The Hall–Kier alpha value is -2.22. The second-order valence-corrected chi connectivity index (χ2v) is 5.40.